The molecule has 106 valence electrons. The van der Waals surface area contributed by atoms with Crippen molar-refractivity contribution in [2.75, 3.05) is 13.1 Å². The average Bonchev–Trinajstić information content (AvgIpc) is 2.83. The monoisotopic (exact) mass is 286 g/mol. The molecule has 3 heteroatoms. The molecule has 1 aromatic carbocycles. The summed E-state index contributed by atoms with van der Waals surface area (Å²) < 4.78 is 0. The molecular weight excluding hydrogens is 264 g/mol. The summed E-state index contributed by atoms with van der Waals surface area (Å²) in [6.45, 7) is 8.79. The number of nitrogens with one attached hydrogen (secondary N) is 1. The first-order valence-corrected chi connectivity index (χ1v) is 8.09. The predicted octanol–water partition coefficient (Wildman–Crippen LogP) is 3.52. The Labute approximate surface area is 125 Å². The lowest BCUT2D eigenvalue weighted by molar-refractivity contribution is 0.274. The molecule has 0 saturated carbocycles. The maximum atomic E-state index is 4.86. The van der Waals surface area contributed by atoms with E-state index in [1.54, 1.807) is 0 Å². The number of hydrogen-bond acceptors (Lipinski definition) is 3. The van der Waals surface area contributed by atoms with Gasteiger partial charge in [-0.05, 0) is 5.56 Å². The average molecular weight is 286 g/mol. The molecule has 3 rings (SSSR count). The van der Waals surface area contributed by atoms with Crippen molar-refractivity contribution in [3.8, 4) is 0 Å². The van der Waals surface area contributed by atoms with E-state index in [-0.39, 0.29) is 10.8 Å². The van der Waals surface area contributed by atoms with Crippen LogP contribution >= 0.6 is 11.3 Å². The number of benzene rings is 1. The fourth-order valence-electron chi connectivity index (χ4n) is 2.68. The lowest BCUT2D eigenvalue weighted by Gasteiger charge is -2.43. The van der Waals surface area contributed by atoms with Crippen molar-refractivity contribution in [1.29, 1.82) is 0 Å². The van der Waals surface area contributed by atoms with Gasteiger partial charge < -0.3 is 5.32 Å². The van der Waals surface area contributed by atoms with Gasteiger partial charge in [0.2, 0.25) is 0 Å². The first-order valence-electron chi connectivity index (χ1n) is 7.21. The third-order valence-electron chi connectivity index (χ3n) is 4.12. The summed E-state index contributed by atoms with van der Waals surface area (Å²) in [6.07, 6.45) is 1.05. The van der Waals surface area contributed by atoms with Gasteiger partial charge in [0.1, 0.15) is 0 Å². The summed E-state index contributed by atoms with van der Waals surface area (Å²) in [6, 6.07) is 10.9. The van der Waals surface area contributed by atoms with Gasteiger partial charge in [0.25, 0.3) is 0 Å². The maximum absolute atomic E-state index is 4.86. The first kappa shape index (κ1) is 13.8. The summed E-state index contributed by atoms with van der Waals surface area (Å²) in [5.74, 6) is 0. The molecule has 20 heavy (non-hydrogen) atoms. The minimum Gasteiger partial charge on any atom is -0.315 e. The van der Waals surface area contributed by atoms with E-state index in [1.807, 2.05) is 11.3 Å². The van der Waals surface area contributed by atoms with Gasteiger partial charge in [0, 0.05) is 35.7 Å². The zero-order chi connectivity index (χ0) is 14.2. The second-order valence-electron chi connectivity index (χ2n) is 6.80. The van der Waals surface area contributed by atoms with Crippen LogP contribution in [0.4, 0.5) is 0 Å². The Morgan fingerprint density at radius 2 is 1.90 bits per heavy atom. The molecule has 1 N–H and O–H groups in total. The largest absolute Gasteiger partial charge is 0.315 e. The highest BCUT2D eigenvalue weighted by molar-refractivity contribution is 7.09. The van der Waals surface area contributed by atoms with Gasteiger partial charge in [-0.2, -0.15) is 0 Å². The summed E-state index contributed by atoms with van der Waals surface area (Å²) in [5.41, 5.74) is 3.04. The molecule has 0 atom stereocenters. The number of nitrogens with zero attached hydrogens (tertiary/aromatic N) is 1. The lowest BCUT2D eigenvalue weighted by atomic mass is 9.73. The predicted molar refractivity (Wildman–Crippen MR) is 85.5 cm³/mol. The topological polar surface area (TPSA) is 24.9 Å². The van der Waals surface area contributed by atoms with Crippen molar-refractivity contribution in [2.24, 2.45) is 0 Å². The van der Waals surface area contributed by atoms with Crippen LogP contribution in [0.5, 0.6) is 0 Å². The molecule has 1 saturated heterocycles. The Kier molecular flexibility index (Phi) is 3.43. The van der Waals surface area contributed by atoms with E-state index in [4.69, 9.17) is 4.98 Å². The summed E-state index contributed by atoms with van der Waals surface area (Å²) in [7, 11) is 0. The number of aromatic nitrogens is 1. The van der Waals surface area contributed by atoms with Crippen LogP contribution in [-0.4, -0.2) is 18.1 Å². The van der Waals surface area contributed by atoms with Gasteiger partial charge in [-0.3, -0.25) is 0 Å². The van der Waals surface area contributed by atoms with Crippen molar-refractivity contribution in [1.82, 2.24) is 10.3 Å². The Bertz CT molecular complexity index is 577. The van der Waals surface area contributed by atoms with Crippen molar-refractivity contribution < 1.29 is 0 Å². The van der Waals surface area contributed by atoms with E-state index in [1.165, 1.54) is 16.3 Å². The molecule has 1 aliphatic rings. The highest BCUT2D eigenvalue weighted by atomic mass is 32.1. The number of thiazole rings is 1. The van der Waals surface area contributed by atoms with E-state index in [2.05, 4.69) is 61.8 Å². The van der Waals surface area contributed by atoms with Gasteiger partial charge in [0.05, 0.1) is 10.7 Å². The van der Waals surface area contributed by atoms with Crippen molar-refractivity contribution in [2.45, 2.75) is 38.0 Å². The van der Waals surface area contributed by atoms with Crippen LogP contribution in [0.2, 0.25) is 0 Å². The van der Waals surface area contributed by atoms with Crippen LogP contribution < -0.4 is 5.32 Å². The van der Waals surface area contributed by atoms with E-state index in [9.17, 15) is 0 Å². The zero-order valence-electron chi connectivity index (χ0n) is 12.4. The highest BCUT2D eigenvalue weighted by Gasteiger charge is 2.39. The second-order valence-corrected chi connectivity index (χ2v) is 7.75. The molecule has 0 unspecified atom stereocenters. The zero-order valence-corrected chi connectivity index (χ0v) is 13.3. The van der Waals surface area contributed by atoms with Gasteiger partial charge in [0.15, 0.2) is 0 Å². The number of hydrogen-bond donors (Lipinski definition) is 1. The molecule has 1 aliphatic heterocycles. The van der Waals surface area contributed by atoms with E-state index in [0.29, 0.717) is 0 Å². The minimum absolute atomic E-state index is 0.145. The Morgan fingerprint density at radius 1 is 1.20 bits per heavy atom. The molecule has 0 aliphatic carbocycles. The van der Waals surface area contributed by atoms with E-state index < -0.39 is 0 Å². The standard InChI is InChI=1S/C17H22N2S/c1-16(2,3)14-10-20-15(19-14)9-17(11-18-12-17)13-7-5-4-6-8-13/h4-8,10,18H,9,11-12H2,1-3H3. The van der Waals surface area contributed by atoms with Gasteiger partial charge in [-0.1, -0.05) is 51.1 Å². The molecule has 2 nitrogen and oxygen atoms in total. The molecule has 0 bridgehead atoms. The molecule has 0 radical (unpaired) electrons. The van der Waals surface area contributed by atoms with Crippen LogP contribution in [0.25, 0.3) is 0 Å². The normalized spacial score (nSPS) is 17.8. The van der Waals surface area contributed by atoms with Crippen LogP contribution in [0.3, 0.4) is 0 Å². The fourth-order valence-corrected chi connectivity index (χ4v) is 3.84. The minimum atomic E-state index is 0.145. The van der Waals surface area contributed by atoms with Crippen molar-refractivity contribution >= 4 is 11.3 Å². The Hall–Kier alpha value is -1.19. The van der Waals surface area contributed by atoms with Gasteiger partial charge >= 0.3 is 0 Å². The molecule has 2 aromatic rings. The molecule has 0 spiro atoms. The third-order valence-corrected chi connectivity index (χ3v) is 4.97. The first-order chi connectivity index (χ1) is 9.50. The summed E-state index contributed by atoms with van der Waals surface area (Å²) >= 11 is 1.81. The molecular formula is C17H22N2S. The molecule has 1 fully saturated rings. The SMILES string of the molecule is CC(C)(C)c1csc(CC2(c3ccccc3)CNC2)n1. The second kappa shape index (κ2) is 4.97. The Balaban J connectivity index is 1.84. The van der Waals surface area contributed by atoms with Crippen molar-refractivity contribution in [3.63, 3.8) is 0 Å². The van der Waals surface area contributed by atoms with E-state index in [0.717, 1.165) is 19.5 Å². The summed E-state index contributed by atoms with van der Waals surface area (Å²) in [4.78, 5) is 4.86. The summed E-state index contributed by atoms with van der Waals surface area (Å²) in [5, 5.41) is 6.92. The van der Waals surface area contributed by atoms with E-state index >= 15 is 0 Å². The Morgan fingerprint density at radius 3 is 2.40 bits per heavy atom. The lowest BCUT2D eigenvalue weighted by Crippen LogP contribution is -2.58. The fraction of sp³-hybridized carbons (Fsp3) is 0.471. The molecule has 1 aromatic heterocycles. The maximum Gasteiger partial charge on any atom is 0.0938 e. The number of rotatable bonds is 3. The smallest absolute Gasteiger partial charge is 0.0938 e. The van der Waals surface area contributed by atoms with Gasteiger partial charge in [-0.15, -0.1) is 11.3 Å². The quantitative estimate of drug-likeness (QED) is 0.934. The van der Waals surface area contributed by atoms with Gasteiger partial charge in [-0.25, -0.2) is 4.98 Å². The van der Waals surface area contributed by atoms with Crippen LogP contribution in [0.15, 0.2) is 35.7 Å². The van der Waals surface area contributed by atoms with Crippen LogP contribution in [0.1, 0.15) is 37.0 Å². The van der Waals surface area contributed by atoms with Crippen molar-refractivity contribution in [3.05, 3.63) is 52.0 Å². The molecule has 0 amide bonds. The third kappa shape index (κ3) is 2.52. The van der Waals surface area contributed by atoms with Crippen LogP contribution in [0, 0.1) is 0 Å². The van der Waals surface area contributed by atoms with Crippen LogP contribution in [-0.2, 0) is 17.3 Å². The molecule has 2 heterocycles. The highest BCUT2D eigenvalue weighted by Crippen LogP contribution is 2.34.